The first-order valence-corrected chi connectivity index (χ1v) is 8.19. The molecule has 0 aliphatic heterocycles. The van der Waals surface area contributed by atoms with Crippen LogP contribution >= 0.6 is 11.6 Å². The summed E-state index contributed by atoms with van der Waals surface area (Å²) < 4.78 is 1.70. The average molecular weight is 356 g/mol. The van der Waals surface area contributed by atoms with Gasteiger partial charge in [0.25, 0.3) is 0 Å². The lowest BCUT2D eigenvalue weighted by Gasteiger charge is -2.12. The van der Waals surface area contributed by atoms with Gasteiger partial charge in [0.05, 0.1) is 18.4 Å². The van der Waals surface area contributed by atoms with Gasteiger partial charge in [-0.05, 0) is 48.9 Å². The van der Waals surface area contributed by atoms with E-state index in [4.69, 9.17) is 11.6 Å². The number of hydrogen-bond donors (Lipinski definition) is 2. The molecule has 0 atom stereocenters. The maximum atomic E-state index is 11.3. The Morgan fingerprint density at radius 3 is 2.60 bits per heavy atom. The molecule has 0 aliphatic rings. The summed E-state index contributed by atoms with van der Waals surface area (Å²) >= 11 is 5.90. The largest absolute Gasteiger partial charge is 0.379 e. The third kappa shape index (κ3) is 4.16. The molecule has 0 unspecified atom stereocenters. The minimum atomic E-state index is -0.0915. The second-order valence-electron chi connectivity index (χ2n) is 5.64. The first-order valence-electron chi connectivity index (χ1n) is 7.81. The normalized spacial score (nSPS) is 10.5. The first kappa shape index (κ1) is 17.0. The molecule has 1 aromatic heterocycles. The van der Waals surface area contributed by atoms with Crippen LogP contribution in [0, 0.1) is 6.92 Å². The lowest BCUT2D eigenvalue weighted by Crippen LogP contribution is -2.09. The Bertz CT molecular complexity index is 889. The third-order valence-electron chi connectivity index (χ3n) is 3.74. The predicted octanol–water partition coefficient (Wildman–Crippen LogP) is 3.80. The highest BCUT2D eigenvalue weighted by molar-refractivity contribution is 6.30. The highest BCUT2D eigenvalue weighted by Crippen LogP contribution is 2.23. The fourth-order valence-corrected chi connectivity index (χ4v) is 2.56. The van der Waals surface area contributed by atoms with E-state index in [-0.39, 0.29) is 5.91 Å². The van der Waals surface area contributed by atoms with Gasteiger partial charge in [-0.1, -0.05) is 22.9 Å². The topological polar surface area (TPSA) is 71.8 Å². The van der Waals surface area contributed by atoms with E-state index in [2.05, 4.69) is 20.9 Å². The van der Waals surface area contributed by atoms with E-state index in [1.54, 1.807) is 4.68 Å². The molecule has 25 heavy (non-hydrogen) atoms. The van der Waals surface area contributed by atoms with E-state index in [1.807, 2.05) is 55.6 Å². The number of rotatable bonds is 5. The predicted molar refractivity (Wildman–Crippen MR) is 99.2 cm³/mol. The fraction of sp³-hybridized carbons (Fsp3) is 0.167. The third-order valence-corrected chi connectivity index (χ3v) is 3.99. The van der Waals surface area contributed by atoms with Crippen molar-refractivity contribution < 1.29 is 4.79 Å². The number of carbonyl (C=O) groups is 1. The zero-order chi connectivity index (χ0) is 17.8. The highest BCUT2D eigenvalue weighted by Gasteiger charge is 2.07. The molecule has 3 aromatic rings. The molecule has 0 spiro atoms. The van der Waals surface area contributed by atoms with Crippen molar-refractivity contribution >= 4 is 28.9 Å². The Hall–Kier alpha value is -2.86. The Morgan fingerprint density at radius 1 is 1.16 bits per heavy atom. The fourth-order valence-electron chi connectivity index (χ4n) is 2.44. The van der Waals surface area contributed by atoms with Gasteiger partial charge < -0.3 is 10.6 Å². The number of nitrogens with zero attached hydrogens (tertiary/aromatic N) is 3. The van der Waals surface area contributed by atoms with Crippen molar-refractivity contribution in [2.45, 2.75) is 20.4 Å². The lowest BCUT2D eigenvalue weighted by molar-refractivity contribution is -0.114. The Balaban J connectivity index is 1.70. The monoisotopic (exact) mass is 355 g/mol. The van der Waals surface area contributed by atoms with Gasteiger partial charge in [-0.3, -0.25) is 4.79 Å². The highest BCUT2D eigenvalue weighted by atomic mass is 35.5. The SMILES string of the molecule is CC(=O)Nc1cccc(NCc2cn(-c3ccc(Cl)cc3)nn2)c1C. The summed E-state index contributed by atoms with van der Waals surface area (Å²) in [6.07, 6.45) is 1.86. The lowest BCUT2D eigenvalue weighted by atomic mass is 10.1. The first-order chi connectivity index (χ1) is 12.0. The minimum Gasteiger partial charge on any atom is -0.379 e. The van der Waals surface area contributed by atoms with Crippen LogP contribution in [0.4, 0.5) is 11.4 Å². The van der Waals surface area contributed by atoms with Crippen molar-refractivity contribution in [3.05, 3.63) is 64.9 Å². The van der Waals surface area contributed by atoms with Crippen LogP contribution in [0.3, 0.4) is 0 Å². The quantitative estimate of drug-likeness (QED) is 0.730. The summed E-state index contributed by atoms with van der Waals surface area (Å²) in [5.74, 6) is -0.0915. The van der Waals surface area contributed by atoms with Crippen LogP contribution in [0.5, 0.6) is 0 Å². The molecule has 0 fully saturated rings. The molecule has 0 bridgehead atoms. The zero-order valence-corrected chi connectivity index (χ0v) is 14.7. The van der Waals surface area contributed by atoms with Gasteiger partial charge in [-0.2, -0.15) is 0 Å². The maximum absolute atomic E-state index is 11.3. The van der Waals surface area contributed by atoms with Crippen molar-refractivity contribution in [1.82, 2.24) is 15.0 Å². The Kier molecular flexibility index (Phi) is 5.00. The van der Waals surface area contributed by atoms with E-state index < -0.39 is 0 Å². The number of anilines is 2. The number of hydrogen-bond acceptors (Lipinski definition) is 4. The van der Waals surface area contributed by atoms with Crippen molar-refractivity contribution in [2.24, 2.45) is 0 Å². The molecule has 0 saturated carbocycles. The van der Waals surface area contributed by atoms with Crippen LogP contribution in [0.25, 0.3) is 5.69 Å². The van der Waals surface area contributed by atoms with Gasteiger partial charge in [0.1, 0.15) is 5.69 Å². The van der Waals surface area contributed by atoms with Crippen molar-refractivity contribution in [2.75, 3.05) is 10.6 Å². The van der Waals surface area contributed by atoms with Gasteiger partial charge in [0.15, 0.2) is 0 Å². The number of carbonyl (C=O) groups excluding carboxylic acids is 1. The average Bonchev–Trinajstić information content (AvgIpc) is 3.05. The summed E-state index contributed by atoms with van der Waals surface area (Å²) in [4.78, 5) is 11.3. The van der Waals surface area contributed by atoms with Crippen LogP contribution in [-0.4, -0.2) is 20.9 Å². The number of halogens is 1. The van der Waals surface area contributed by atoms with Gasteiger partial charge in [0, 0.05) is 23.3 Å². The number of aromatic nitrogens is 3. The molecule has 128 valence electrons. The van der Waals surface area contributed by atoms with Gasteiger partial charge >= 0.3 is 0 Å². The van der Waals surface area contributed by atoms with Gasteiger partial charge in [0.2, 0.25) is 5.91 Å². The second kappa shape index (κ2) is 7.36. The maximum Gasteiger partial charge on any atom is 0.221 e. The van der Waals surface area contributed by atoms with E-state index in [0.717, 1.165) is 28.3 Å². The number of nitrogens with one attached hydrogen (secondary N) is 2. The molecule has 2 aromatic carbocycles. The molecule has 6 nitrogen and oxygen atoms in total. The summed E-state index contributed by atoms with van der Waals surface area (Å²) in [5, 5.41) is 15.1. The number of amides is 1. The van der Waals surface area contributed by atoms with Crippen LogP contribution in [-0.2, 0) is 11.3 Å². The smallest absolute Gasteiger partial charge is 0.221 e. The van der Waals surface area contributed by atoms with Gasteiger partial charge in [-0.15, -0.1) is 5.10 Å². The standard InChI is InChI=1S/C18H18ClN5O/c1-12-17(4-3-5-18(12)21-13(2)25)20-10-15-11-24(23-22-15)16-8-6-14(19)7-9-16/h3-9,11,20H,10H2,1-2H3,(H,21,25). The molecule has 0 saturated heterocycles. The number of benzene rings is 2. The molecule has 1 amide bonds. The molecular formula is C18H18ClN5O. The van der Waals surface area contributed by atoms with Crippen molar-refractivity contribution in [1.29, 1.82) is 0 Å². The second-order valence-corrected chi connectivity index (χ2v) is 6.08. The van der Waals surface area contributed by atoms with Crippen LogP contribution < -0.4 is 10.6 Å². The van der Waals surface area contributed by atoms with Crippen LogP contribution in [0.15, 0.2) is 48.7 Å². The van der Waals surface area contributed by atoms with Crippen molar-refractivity contribution in [3.8, 4) is 5.69 Å². The summed E-state index contributed by atoms with van der Waals surface area (Å²) in [6.45, 7) is 3.98. The summed E-state index contributed by atoms with van der Waals surface area (Å²) in [7, 11) is 0. The molecule has 3 rings (SSSR count). The van der Waals surface area contributed by atoms with E-state index >= 15 is 0 Å². The summed E-state index contributed by atoms with van der Waals surface area (Å²) in [6, 6.07) is 13.1. The summed E-state index contributed by atoms with van der Waals surface area (Å²) in [5.41, 5.74) is 4.41. The molecule has 2 N–H and O–H groups in total. The zero-order valence-electron chi connectivity index (χ0n) is 14.0. The molecular weight excluding hydrogens is 338 g/mol. The van der Waals surface area contributed by atoms with Crippen LogP contribution in [0.1, 0.15) is 18.2 Å². The van der Waals surface area contributed by atoms with E-state index in [0.29, 0.717) is 11.6 Å². The Labute approximate surface area is 150 Å². The van der Waals surface area contributed by atoms with E-state index in [9.17, 15) is 4.79 Å². The minimum absolute atomic E-state index is 0.0915. The molecule has 0 aliphatic carbocycles. The van der Waals surface area contributed by atoms with Crippen molar-refractivity contribution in [3.63, 3.8) is 0 Å². The molecule has 7 heteroatoms. The Morgan fingerprint density at radius 2 is 1.88 bits per heavy atom. The van der Waals surface area contributed by atoms with Gasteiger partial charge in [-0.25, -0.2) is 4.68 Å². The molecule has 0 radical (unpaired) electrons. The van der Waals surface area contributed by atoms with E-state index in [1.165, 1.54) is 6.92 Å². The van der Waals surface area contributed by atoms with Crippen LogP contribution in [0.2, 0.25) is 5.02 Å². The molecule has 1 heterocycles.